The Bertz CT molecular complexity index is 1020. The zero-order chi connectivity index (χ0) is 27.7. The quantitative estimate of drug-likeness (QED) is 0.514. The van der Waals surface area contributed by atoms with Crippen molar-refractivity contribution in [2.45, 2.75) is 73.2 Å². The average Bonchev–Trinajstić information content (AvgIpc) is 3.17. The van der Waals surface area contributed by atoms with Crippen molar-refractivity contribution in [3.63, 3.8) is 0 Å². The zero-order valence-electron chi connectivity index (χ0n) is 23.2. The molecule has 2 aliphatic rings. The molecule has 37 heavy (non-hydrogen) atoms. The highest BCUT2D eigenvalue weighted by molar-refractivity contribution is 5.95. The van der Waals surface area contributed by atoms with Gasteiger partial charge in [-0.25, -0.2) is 9.59 Å². The van der Waals surface area contributed by atoms with Crippen molar-refractivity contribution in [3.8, 4) is 0 Å². The molecular weight excluding hydrogens is 474 g/mol. The standard InChI is InChI=1S/C28H41N3O6/c1-16(2)20(25(34)36-8)29-23(32)21-19-18(28(19,6)7)14-31(21)24(33)22(27(3,4)5)30-26(35)37-15-17-12-10-9-11-13-17/h9-13,16,18-22H,14-15H2,1-8H3,(H,29,32)(H,30,35)/t18-,19-,20-,21-,22+/m0/s1. The first-order valence-corrected chi connectivity index (χ1v) is 12.9. The molecule has 0 bridgehead atoms. The molecule has 9 nitrogen and oxygen atoms in total. The van der Waals surface area contributed by atoms with E-state index in [4.69, 9.17) is 9.47 Å². The minimum atomic E-state index is -0.909. The van der Waals surface area contributed by atoms with Crippen LogP contribution in [0.3, 0.4) is 0 Å². The van der Waals surface area contributed by atoms with Gasteiger partial charge in [-0.2, -0.15) is 0 Å². The fourth-order valence-electron chi connectivity index (χ4n) is 5.37. The normalized spacial score (nSPS) is 23.5. The smallest absolute Gasteiger partial charge is 0.408 e. The largest absolute Gasteiger partial charge is 0.467 e. The molecule has 1 aromatic rings. The summed E-state index contributed by atoms with van der Waals surface area (Å²) in [4.78, 5) is 54.0. The first-order valence-electron chi connectivity index (χ1n) is 12.9. The lowest BCUT2D eigenvalue weighted by Crippen LogP contribution is -2.60. The lowest BCUT2D eigenvalue weighted by molar-refractivity contribution is -0.148. The minimum absolute atomic E-state index is 0.0347. The van der Waals surface area contributed by atoms with Gasteiger partial charge in [-0.15, -0.1) is 0 Å². The maximum Gasteiger partial charge on any atom is 0.408 e. The highest BCUT2D eigenvalue weighted by atomic mass is 16.5. The number of hydrogen-bond donors (Lipinski definition) is 2. The lowest BCUT2D eigenvalue weighted by atomic mass is 9.85. The number of esters is 1. The van der Waals surface area contributed by atoms with Crippen LogP contribution in [-0.4, -0.2) is 60.6 Å². The Hall–Kier alpha value is -3.10. The Balaban J connectivity index is 1.78. The van der Waals surface area contributed by atoms with Crippen molar-refractivity contribution < 1.29 is 28.7 Å². The molecule has 204 valence electrons. The second-order valence-corrected chi connectivity index (χ2v) is 12.1. The molecule has 0 spiro atoms. The second-order valence-electron chi connectivity index (χ2n) is 12.1. The summed E-state index contributed by atoms with van der Waals surface area (Å²) in [6, 6.07) is 6.81. The van der Waals surface area contributed by atoms with Crippen LogP contribution in [0.1, 0.15) is 54.0 Å². The molecule has 1 aromatic carbocycles. The maximum atomic E-state index is 13.9. The molecule has 1 heterocycles. The first-order chi connectivity index (χ1) is 17.2. The predicted molar refractivity (Wildman–Crippen MR) is 138 cm³/mol. The molecule has 0 unspecified atom stereocenters. The van der Waals surface area contributed by atoms with Gasteiger partial charge in [0.25, 0.3) is 0 Å². The predicted octanol–water partition coefficient (Wildman–Crippen LogP) is 3.12. The summed E-state index contributed by atoms with van der Waals surface area (Å²) in [5.41, 5.74) is 0.0928. The number of piperidine rings is 1. The summed E-state index contributed by atoms with van der Waals surface area (Å²) >= 11 is 0. The number of hydrogen-bond acceptors (Lipinski definition) is 6. The van der Waals surface area contributed by atoms with Crippen LogP contribution in [0.5, 0.6) is 0 Å². The number of rotatable bonds is 8. The van der Waals surface area contributed by atoms with Gasteiger partial charge in [0.1, 0.15) is 24.7 Å². The molecule has 9 heteroatoms. The second kappa shape index (κ2) is 10.7. The Kier molecular flexibility index (Phi) is 8.24. The third-order valence-electron chi connectivity index (χ3n) is 7.77. The van der Waals surface area contributed by atoms with Crippen LogP contribution in [0.2, 0.25) is 0 Å². The van der Waals surface area contributed by atoms with Gasteiger partial charge < -0.3 is 25.0 Å². The van der Waals surface area contributed by atoms with Gasteiger partial charge in [-0.3, -0.25) is 9.59 Å². The molecule has 3 amide bonds. The number of methoxy groups -OCH3 is 1. The van der Waals surface area contributed by atoms with Crippen LogP contribution < -0.4 is 10.6 Å². The van der Waals surface area contributed by atoms with Gasteiger partial charge in [0.05, 0.1) is 7.11 Å². The highest BCUT2D eigenvalue weighted by Crippen LogP contribution is 2.65. The van der Waals surface area contributed by atoms with Crippen molar-refractivity contribution in [2.24, 2.45) is 28.6 Å². The van der Waals surface area contributed by atoms with Crippen molar-refractivity contribution >= 4 is 23.9 Å². The van der Waals surface area contributed by atoms with E-state index in [0.717, 1.165) is 5.56 Å². The number of fused-ring (bicyclic) bond motifs is 1. The summed E-state index contributed by atoms with van der Waals surface area (Å²) in [5, 5.41) is 5.57. The molecule has 5 atom stereocenters. The molecular formula is C28H41N3O6. The van der Waals surface area contributed by atoms with Crippen LogP contribution in [0, 0.1) is 28.6 Å². The van der Waals surface area contributed by atoms with Gasteiger partial charge in [-0.1, -0.05) is 78.8 Å². The summed E-state index contributed by atoms with van der Waals surface area (Å²) < 4.78 is 10.2. The van der Waals surface area contributed by atoms with Gasteiger partial charge in [0.15, 0.2) is 0 Å². The topological polar surface area (TPSA) is 114 Å². The summed E-state index contributed by atoms with van der Waals surface area (Å²) in [5.74, 6) is -1.31. The number of ether oxygens (including phenoxy) is 2. The van der Waals surface area contributed by atoms with Gasteiger partial charge in [0.2, 0.25) is 11.8 Å². The van der Waals surface area contributed by atoms with E-state index >= 15 is 0 Å². The van der Waals surface area contributed by atoms with Crippen molar-refractivity contribution in [1.82, 2.24) is 15.5 Å². The molecule has 0 radical (unpaired) electrons. The molecule has 2 N–H and O–H groups in total. The summed E-state index contributed by atoms with van der Waals surface area (Å²) in [6.07, 6.45) is -0.701. The van der Waals surface area contributed by atoms with Crippen LogP contribution >= 0.6 is 0 Å². The van der Waals surface area contributed by atoms with Crippen molar-refractivity contribution in [3.05, 3.63) is 35.9 Å². The lowest BCUT2D eigenvalue weighted by Gasteiger charge is -2.37. The fourth-order valence-corrected chi connectivity index (χ4v) is 5.37. The number of amides is 3. The number of alkyl carbamates (subject to hydrolysis) is 1. The van der Waals surface area contributed by atoms with Gasteiger partial charge >= 0.3 is 12.1 Å². The molecule has 1 saturated heterocycles. The van der Waals surface area contributed by atoms with Gasteiger partial charge in [-0.05, 0) is 34.1 Å². The Morgan fingerprint density at radius 1 is 1.08 bits per heavy atom. The minimum Gasteiger partial charge on any atom is -0.467 e. The zero-order valence-corrected chi connectivity index (χ0v) is 23.2. The average molecular weight is 516 g/mol. The van der Waals surface area contributed by atoms with E-state index < -0.39 is 35.6 Å². The monoisotopic (exact) mass is 515 g/mol. The summed E-state index contributed by atoms with van der Waals surface area (Å²) in [7, 11) is 1.28. The Morgan fingerprint density at radius 3 is 2.24 bits per heavy atom. The van der Waals surface area contributed by atoms with E-state index in [1.54, 1.807) is 4.90 Å². The van der Waals surface area contributed by atoms with Crippen LogP contribution in [-0.2, 0) is 30.5 Å². The number of benzene rings is 1. The molecule has 1 saturated carbocycles. The van der Waals surface area contributed by atoms with Crippen molar-refractivity contribution in [2.75, 3.05) is 13.7 Å². The number of nitrogens with one attached hydrogen (secondary N) is 2. The third kappa shape index (κ3) is 6.08. The van der Waals surface area contributed by atoms with E-state index in [-0.39, 0.29) is 41.6 Å². The number of likely N-dealkylation sites (tertiary alicyclic amines) is 1. The van der Waals surface area contributed by atoms with Crippen molar-refractivity contribution in [1.29, 1.82) is 0 Å². The molecule has 1 aliphatic carbocycles. The molecule has 0 aromatic heterocycles. The van der Waals surface area contributed by atoms with E-state index in [9.17, 15) is 19.2 Å². The number of carbonyl (C=O) groups excluding carboxylic acids is 4. The Labute approximate surface area is 219 Å². The fraction of sp³-hybridized carbons (Fsp3) is 0.643. The van der Waals surface area contributed by atoms with Crippen LogP contribution in [0.15, 0.2) is 30.3 Å². The summed E-state index contributed by atoms with van der Waals surface area (Å²) in [6.45, 7) is 13.9. The SMILES string of the molecule is COC(=O)[C@@H](NC(=O)[C@@H]1[C@@H]2[C@H](CN1C(=O)[C@@H](NC(=O)OCc1ccccc1)C(C)(C)C)C2(C)C)C(C)C. The molecule has 3 rings (SSSR count). The molecule has 1 aliphatic heterocycles. The van der Waals surface area contributed by atoms with E-state index in [1.165, 1.54) is 7.11 Å². The number of nitrogens with zero attached hydrogens (tertiary/aromatic N) is 1. The third-order valence-corrected chi connectivity index (χ3v) is 7.77. The number of carbonyl (C=O) groups is 4. The van der Waals surface area contributed by atoms with E-state index in [2.05, 4.69) is 24.5 Å². The van der Waals surface area contributed by atoms with E-state index in [0.29, 0.717) is 6.54 Å². The van der Waals surface area contributed by atoms with Gasteiger partial charge in [0, 0.05) is 6.54 Å². The Morgan fingerprint density at radius 2 is 1.70 bits per heavy atom. The highest BCUT2D eigenvalue weighted by Gasteiger charge is 2.70. The van der Waals surface area contributed by atoms with Crippen LogP contribution in [0.25, 0.3) is 0 Å². The van der Waals surface area contributed by atoms with E-state index in [1.807, 2.05) is 65.0 Å². The maximum absolute atomic E-state index is 13.9. The molecule has 2 fully saturated rings. The van der Waals surface area contributed by atoms with Crippen LogP contribution in [0.4, 0.5) is 4.79 Å². The first kappa shape index (κ1) is 28.5.